The number of ether oxygens (including phenoxy) is 2. The Bertz CT molecular complexity index is 419. The molecule has 5 heteroatoms. The summed E-state index contributed by atoms with van der Waals surface area (Å²) in [5.74, 6) is 0.538. The number of benzene rings is 1. The van der Waals surface area contributed by atoms with Crippen molar-refractivity contribution in [1.29, 1.82) is 0 Å². The minimum absolute atomic E-state index is 0.0630. The Labute approximate surface area is 99.3 Å². The quantitative estimate of drug-likeness (QED) is 0.805. The second-order valence-corrected chi connectivity index (χ2v) is 3.97. The third-order valence-corrected chi connectivity index (χ3v) is 2.74. The second-order valence-electron chi connectivity index (χ2n) is 3.97. The second kappa shape index (κ2) is 5.05. The van der Waals surface area contributed by atoms with Crippen molar-refractivity contribution in [1.82, 2.24) is 5.32 Å². The molecule has 1 aromatic rings. The molecule has 1 aliphatic heterocycles. The van der Waals surface area contributed by atoms with Crippen LogP contribution in [0.3, 0.4) is 0 Å². The Kier molecular flexibility index (Phi) is 3.49. The molecule has 0 bridgehead atoms. The van der Waals surface area contributed by atoms with Gasteiger partial charge >= 0.3 is 5.97 Å². The van der Waals surface area contributed by atoms with Crippen molar-refractivity contribution in [3.8, 4) is 11.5 Å². The fourth-order valence-electron chi connectivity index (χ4n) is 1.93. The number of aliphatic carboxylic acids is 1. The van der Waals surface area contributed by atoms with E-state index in [0.29, 0.717) is 18.0 Å². The van der Waals surface area contributed by atoms with Gasteiger partial charge in [-0.05, 0) is 24.7 Å². The van der Waals surface area contributed by atoms with Crippen molar-refractivity contribution < 1.29 is 19.4 Å². The van der Waals surface area contributed by atoms with Crippen molar-refractivity contribution in [2.24, 2.45) is 0 Å². The minimum atomic E-state index is -0.803. The Balaban J connectivity index is 2.20. The average molecular weight is 237 g/mol. The Morgan fingerprint density at radius 2 is 2.24 bits per heavy atom. The van der Waals surface area contributed by atoms with Gasteiger partial charge in [-0.1, -0.05) is 6.07 Å². The van der Waals surface area contributed by atoms with E-state index < -0.39 is 5.97 Å². The number of hydrogen-bond acceptors (Lipinski definition) is 4. The largest absolute Gasteiger partial charge is 0.481 e. The molecule has 17 heavy (non-hydrogen) atoms. The molecule has 0 fully saturated rings. The molecule has 0 aromatic heterocycles. The number of hydrogen-bond donors (Lipinski definition) is 2. The van der Waals surface area contributed by atoms with Gasteiger partial charge < -0.3 is 19.9 Å². The van der Waals surface area contributed by atoms with Gasteiger partial charge in [0.15, 0.2) is 11.5 Å². The first kappa shape index (κ1) is 11.7. The molecule has 5 nitrogen and oxygen atoms in total. The van der Waals surface area contributed by atoms with Crippen LogP contribution in [0.4, 0.5) is 0 Å². The lowest BCUT2D eigenvalue weighted by Gasteiger charge is -2.15. The van der Waals surface area contributed by atoms with E-state index in [2.05, 4.69) is 5.32 Å². The number of likely N-dealkylation sites (N-methyl/N-ethyl adjacent to an activating group) is 1. The molecular weight excluding hydrogens is 222 g/mol. The van der Waals surface area contributed by atoms with Gasteiger partial charge in [0.25, 0.3) is 0 Å². The summed E-state index contributed by atoms with van der Waals surface area (Å²) in [5, 5.41) is 11.9. The maximum Gasteiger partial charge on any atom is 0.304 e. The van der Waals surface area contributed by atoms with Crippen LogP contribution in [0.5, 0.6) is 11.5 Å². The SMILES string of the molecule is CNCC(CC(=O)O)c1ccc2c(c1)OCO2. The minimum Gasteiger partial charge on any atom is -0.481 e. The number of nitrogens with one attached hydrogen (secondary N) is 1. The van der Waals surface area contributed by atoms with Crippen molar-refractivity contribution in [2.75, 3.05) is 20.4 Å². The summed E-state index contributed by atoms with van der Waals surface area (Å²) in [6.45, 7) is 0.848. The smallest absolute Gasteiger partial charge is 0.304 e. The summed E-state index contributed by atoms with van der Waals surface area (Å²) >= 11 is 0. The van der Waals surface area contributed by atoms with Gasteiger partial charge in [-0.25, -0.2) is 0 Å². The summed E-state index contributed by atoms with van der Waals surface area (Å²) in [4.78, 5) is 10.8. The van der Waals surface area contributed by atoms with E-state index in [9.17, 15) is 4.79 Å². The summed E-state index contributed by atoms with van der Waals surface area (Å²) < 4.78 is 10.5. The molecule has 0 radical (unpaired) electrons. The van der Waals surface area contributed by atoms with E-state index in [1.54, 1.807) is 0 Å². The zero-order chi connectivity index (χ0) is 12.3. The topological polar surface area (TPSA) is 67.8 Å². The zero-order valence-electron chi connectivity index (χ0n) is 9.60. The van der Waals surface area contributed by atoms with Gasteiger partial charge in [0, 0.05) is 12.5 Å². The van der Waals surface area contributed by atoms with Gasteiger partial charge in [-0.3, -0.25) is 4.79 Å². The van der Waals surface area contributed by atoms with E-state index in [0.717, 1.165) is 5.56 Å². The number of carboxylic acids is 1. The fraction of sp³-hybridized carbons (Fsp3) is 0.417. The van der Waals surface area contributed by atoms with Gasteiger partial charge in [-0.2, -0.15) is 0 Å². The van der Waals surface area contributed by atoms with Crippen LogP contribution in [-0.2, 0) is 4.79 Å². The van der Waals surface area contributed by atoms with Crippen LogP contribution < -0.4 is 14.8 Å². The van der Waals surface area contributed by atoms with Crippen LogP contribution in [0.25, 0.3) is 0 Å². The molecular formula is C12H15NO4. The molecule has 0 saturated heterocycles. The lowest BCUT2D eigenvalue weighted by Crippen LogP contribution is -2.19. The fourth-order valence-corrected chi connectivity index (χ4v) is 1.93. The molecule has 0 spiro atoms. The van der Waals surface area contributed by atoms with Crippen LogP contribution in [0.2, 0.25) is 0 Å². The van der Waals surface area contributed by atoms with E-state index in [4.69, 9.17) is 14.6 Å². The first-order valence-corrected chi connectivity index (χ1v) is 5.46. The molecule has 0 saturated carbocycles. The summed E-state index contributed by atoms with van der Waals surface area (Å²) in [6.07, 6.45) is 0.0977. The molecule has 1 unspecified atom stereocenters. The highest BCUT2D eigenvalue weighted by molar-refractivity contribution is 5.68. The molecule has 2 rings (SSSR count). The first-order chi connectivity index (χ1) is 8.20. The van der Waals surface area contributed by atoms with Crippen molar-refractivity contribution in [3.05, 3.63) is 23.8 Å². The predicted molar refractivity (Wildman–Crippen MR) is 61.5 cm³/mol. The Morgan fingerprint density at radius 1 is 1.47 bits per heavy atom. The van der Waals surface area contributed by atoms with Crippen LogP contribution in [0.15, 0.2) is 18.2 Å². The lowest BCUT2D eigenvalue weighted by atomic mass is 9.95. The molecule has 2 N–H and O–H groups in total. The first-order valence-electron chi connectivity index (χ1n) is 5.46. The maximum absolute atomic E-state index is 10.8. The molecule has 92 valence electrons. The van der Waals surface area contributed by atoms with Crippen molar-refractivity contribution >= 4 is 5.97 Å². The summed E-state index contributed by atoms with van der Waals surface area (Å²) in [7, 11) is 1.81. The van der Waals surface area contributed by atoms with Crippen LogP contribution >= 0.6 is 0 Å². The zero-order valence-corrected chi connectivity index (χ0v) is 9.60. The summed E-state index contributed by atoms with van der Waals surface area (Å²) in [5.41, 5.74) is 0.950. The Hall–Kier alpha value is -1.75. The maximum atomic E-state index is 10.8. The van der Waals surface area contributed by atoms with E-state index in [1.807, 2.05) is 25.2 Å². The average Bonchev–Trinajstić information content (AvgIpc) is 2.74. The lowest BCUT2D eigenvalue weighted by molar-refractivity contribution is -0.137. The van der Waals surface area contributed by atoms with Crippen LogP contribution in [0.1, 0.15) is 17.9 Å². The third kappa shape index (κ3) is 2.68. The molecule has 0 aliphatic carbocycles. The van der Waals surface area contributed by atoms with Gasteiger partial charge in [0.05, 0.1) is 6.42 Å². The highest BCUT2D eigenvalue weighted by Gasteiger charge is 2.19. The highest BCUT2D eigenvalue weighted by Crippen LogP contribution is 2.35. The van der Waals surface area contributed by atoms with Gasteiger partial charge in [0.2, 0.25) is 6.79 Å². The van der Waals surface area contributed by atoms with E-state index in [-0.39, 0.29) is 19.1 Å². The molecule has 1 aromatic carbocycles. The molecule has 1 heterocycles. The Morgan fingerprint density at radius 3 is 2.94 bits per heavy atom. The number of carboxylic acid groups (broad SMARTS) is 1. The van der Waals surface area contributed by atoms with Crippen molar-refractivity contribution in [2.45, 2.75) is 12.3 Å². The molecule has 0 amide bonds. The molecule has 1 aliphatic rings. The number of fused-ring (bicyclic) bond motifs is 1. The number of rotatable bonds is 5. The van der Waals surface area contributed by atoms with Crippen molar-refractivity contribution in [3.63, 3.8) is 0 Å². The third-order valence-electron chi connectivity index (χ3n) is 2.74. The highest BCUT2D eigenvalue weighted by atomic mass is 16.7. The molecule has 1 atom stereocenters. The monoisotopic (exact) mass is 237 g/mol. The standard InChI is InChI=1S/C12H15NO4/c1-13-6-9(5-12(14)15)8-2-3-10-11(4-8)17-7-16-10/h2-4,9,13H,5-7H2,1H3,(H,14,15). The van der Waals surface area contributed by atoms with Gasteiger partial charge in [-0.15, -0.1) is 0 Å². The number of carbonyl (C=O) groups is 1. The van der Waals surface area contributed by atoms with Crippen LogP contribution in [0, 0.1) is 0 Å². The van der Waals surface area contributed by atoms with Gasteiger partial charge in [0.1, 0.15) is 0 Å². The van der Waals surface area contributed by atoms with E-state index >= 15 is 0 Å². The predicted octanol–water partition coefficient (Wildman–Crippen LogP) is 1.19. The van der Waals surface area contributed by atoms with E-state index in [1.165, 1.54) is 0 Å². The van der Waals surface area contributed by atoms with Crippen LogP contribution in [-0.4, -0.2) is 31.5 Å². The normalized spacial score (nSPS) is 14.6. The summed E-state index contributed by atoms with van der Waals surface area (Å²) in [6, 6.07) is 5.56.